The Morgan fingerprint density at radius 1 is 0.765 bits per heavy atom. The van der Waals surface area contributed by atoms with Gasteiger partial charge in [0.2, 0.25) is 0 Å². The summed E-state index contributed by atoms with van der Waals surface area (Å²) in [5.41, 5.74) is 6.95. The average Bonchev–Trinajstić information content (AvgIpc) is 3.15. The molecule has 0 radical (unpaired) electrons. The number of hydrogen-bond donors (Lipinski definition) is 0. The number of aryl methyl sites for hydroxylation is 2. The molecule has 0 spiro atoms. The molecule has 0 saturated heterocycles. The highest BCUT2D eigenvalue weighted by molar-refractivity contribution is 5.75. The minimum atomic E-state index is 0.396. The lowest BCUT2D eigenvalue weighted by molar-refractivity contribution is 0.269. The Morgan fingerprint density at radius 3 is 1.97 bits per heavy atom. The van der Waals surface area contributed by atoms with Gasteiger partial charge >= 0.3 is 0 Å². The summed E-state index contributed by atoms with van der Waals surface area (Å²) in [7, 11) is 0. The van der Waals surface area contributed by atoms with E-state index < -0.39 is 0 Å². The number of aromatic nitrogens is 2. The third-order valence-electron chi connectivity index (χ3n) is 6.24. The van der Waals surface area contributed by atoms with Crippen LogP contribution in [-0.4, -0.2) is 16.2 Å². The SMILES string of the molecule is Cc1ccc(C(C)C)c(OCCn2c(COc3cc(C)ccc3C(C)C)nc3ccccc32)c1. The molecule has 4 nitrogen and oxygen atoms in total. The molecule has 0 aliphatic heterocycles. The molecule has 1 heterocycles. The number of para-hydroxylation sites is 2. The number of hydrogen-bond acceptors (Lipinski definition) is 3. The molecule has 4 heteroatoms. The van der Waals surface area contributed by atoms with Crippen molar-refractivity contribution in [2.75, 3.05) is 6.61 Å². The molecule has 4 rings (SSSR count). The van der Waals surface area contributed by atoms with Gasteiger partial charge < -0.3 is 14.0 Å². The van der Waals surface area contributed by atoms with E-state index in [-0.39, 0.29) is 0 Å². The van der Waals surface area contributed by atoms with Gasteiger partial charge in [-0.15, -0.1) is 0 Å². The molecule has 34 heavy (non-hydrogen) atoms. The van der Waals surface area contributed by atoms with Crippen LogP contribution in [0.3, 0.4) is 0 Å². The smallest absolute Gasteiger partial charge is 0.148 e. The topological polar surface area (TPSA) is 36.3 Å². The second kappa shape index (κ2) is 10.3. The minimum absolute atomic E-state index is 0.396. The van der Waals surface area contributed by atoms with Crippen LogP contribution in [0.5, 0.6) is 11.5 Å². The third kappa shape index (κ3) is 5.27. The second-order valence-electron chi connectivity index (χ2n) is 9.70. The molecule has 0 aliphatic carbocycles. The summed E-state index contributed by atoms with van der Waals surface area (Å²) >= 11 is 0. The molecule has 0 aliphatic rings. The second-order valence-corrected chi connectivity index (χ2v) is 9.70. The van der Waals surface area contributed by atoms with E-state index in [2.05, 4.69) is 101 Å². The lowest BCUT2D eigenvalue weighted by Gasteiger charge is -2.17. The molecule has 0 unspecified atom stereocenters. The lowest BCUT2D eigenvalue weighted by atomic mass is 10.0. The van der Waals surface area contributed by atoms with Crippen molar-refractivity contribution in [3.8, 4) is 11.5 Å². The van der Waals surface area contributed by atoms with Gasteiger partial charge in [0.15, 0.2) is 0 Å². The quantitative estimate of drug-likeness (QED) is 0.261. The van der Waals surface area contributed by atoms with Crippen LogP contribution in [0.4, 0.5) is 0 Å². The predicted molar refractivity (Wildman–Crippen MR) is 140 cm³/mol. The molecular weight excluding hydrogens is 420 g/mol. The molecule has 4 aromatic rings. The highest BCUT2D eigenvalue weighted by Gasteiger charge is 2.15. The Morgan fingerprint density at radius 2 is 1.35 bits per heavy atom. The summed E-state index contributed by atoms with van der Waals surface area (Å²) in [6.07, 6.45) is 0. The van der Waals surface area contributed by atoms with E-state index in [1.54, 1.807) is 0 Å². The molecule has 0 saturated carbocycles. The van der Waals surface area contributed by atoms with Crippen LogP contribution < -0.4 is 9.47 Å². The summed E-state index contributed by atoms with van der Waals surface area (Å²) in [4.78, 5) is 4.89. The van der Waals surface area contributed by atoms with Gasteiger partial charge in [0.05, 0.1) is 17.6 Å². The summed E-state index contributed by atoms with van der Waals surface area (Å²) < 4.78 is 14.9. The molecule has 0 N–H and O–H groups in total. The standard InChI is InChI=1S/C30H36N2O2/c1-20(2)24-13-11-22(5)17-28(24)33-16-15-32-27-10-8-7-9-26(27)31-30(32)19-34-29-18-23(6)12-14-25(29)21(3)4/h7-14,17-18,20-21H,15-16,19H2,1-6H3. The first-order valence-corrected chi connectivity index (χ1v) is 12.2. The Kier molecular flexibility index (Phi) is 7.26. The number of fused-ring (bicyclic) bond motifs is 1. The van der Waals surface area contributed by atoms with Crippen LogP contribution in [0.25, 0.3) is 11.0 Å². The van der Waals surface area contributed by atoms with Crippen LogP contribution in [-0.2, 0) is 13.2 Å². The molecule has 0 amide bonds. The average molecular weight is 457 g/mol. The Balaban J connectivity index is 1.56. The van der Waals surface area contributed by atoms with E-state index in [4.69, 9.17) is 14.5 Å². The number of ether oxygens (including phenoxy) is 2. The van der Waals surface area contributed by atoms with E-state index in [1.807, 2.05) is 6.07 Å². The number of benzene rings is 3. The van der Waals surface area contributed by atoms with Crippen molar-refractivity contribution >= 4 is 11.0 Å². The first-order valence-electron chi connectivity index (χ1n) is 12.2. The lowest BCUT2D eigenvalue weighted by Crippen LogP contribution is -2.14. The van der Waals surface area contributed by atoms with Gasteiger partial charge in [0.25, 0.3) is 0 Å². The van der Waals surface area contributed by atoms with Gasteiger partial charge in [-0.25, -0.2) is 4.98 Å². The van der Waals surface area contributed by atoms with E-state index in [0.29, 0.717) is 31.6 Å². The molecule has 0 atom stereocenters. The fourth-order valence-corrected chi connectivity index (χ4v) is 4.36. The molecule has 178 valence electrons. The Labute approximate surface area is 203 Å². The number of nitrogens with zero attached hydrogens (tertiary/aromatic N) is 2. The van der Waals surface area contributed by atoms with E-state index >= 15 is 0 Å². The monoisotopic (exact) mass is 456 g/mol. The Hall–Kier alpha value is -3.27. The van der Waals surface area contributed by atoms with E-state index in [1.165, 1.54) is 22.3 Å². The van der Waals surface area contributed by atoms with Gasteiger partial charge in [-0.1, -0.05) is 64.1 Å². The Bertz CT molecular complexity index is 1270. The molecular formula is C30H36N2O2. The van der Waals surface area contributed by atoms with Crippen LogP contribution in [0.1, 0.15) is 67.6 Å². The summed E-state index contributed by atoms with van der Waals surface area (Å²) in [6.45, 7) is 14.7. The van der Waals surface area contributed by atoms with E-state index in [9.17, 15) is 0 Å². The predicted octanol–water partition coefficient (Wildman–Crippen LogP) is 7.56. The van der Waals surface area contributed by atoms with Gasteiger partial charge in [-0.05, 0) is 72.2 Å². The largest absolute Gasteiger partial charge is 0.491 e. The first kappa shape index (κ1) is 23.9. The van der Waals surface area contributed by atoms with Gasteiger partial charge in [0, 0.05) is 0 Å². The van der Waals surface area contributed by atoms with Gasteiger partial charge in [-0.2, -0.15) is 0 Å². The van der Waals surface area contributed by atoms with Crippen LogP contribution >= 0.6 is 0 Å². The van der Waals surface area contributed by atoms with Crippen molar-refractivity contribution in [3.05, 3.63) is 88.7 Å². The van der Waals surface area contributed by atoms with Crippen LogP contribution in [0.2, 0.25) is 0 Å². The zero-order chi connectivity index (χ0) is 24.2. The highest BCUT2D eigenvalue weighted by Crippen LogP contribution is 2.29. The molecule has 3 aromatic carbocycles. The fraction of sp³-hybridized carbons (Fsp3) is 0.367. The summed E-state index contributed by atoms with van der Waals surface area (Å²) in [5, 5.41) is 0. The zero-order valence-electron chi connectivity index (χ0n) is 21.3. The van der Waals surface area contributed by atoms with Crippen molar-refractivity contribution in [2.45, 2.75) is 66.5 Å². The van der Waals surface area contributed by atoms with Crippen molar-refractivity contribution in [2.24, 2.45) is 0 Å². The maximum Gasteiger partial charge on any atom is 0.148 e. The first-order chi connectivity index (χ1) is 16.3. The highest BCUT2D eigenvalue weighted by atomic mass is 16.5. The van der Waals surface area contributed by atoms with Crippen molar-refractivity contribution in [1.82, 2.24) is 9.55 Å². The minimum Gasteiger partial charge on any atom is -0.491 e. The van der Waals surface area contributed by atoms with Gasteiger partial charge in [0.1, 0.15) is 30.5 Å². The van der Waals surface area contributed by atoms with Crippen molar-refractivity contribution in [1.29, 1.82) is 0 Å². The third-order valence-corrected chi connectivity index (χ3v) is 6.24. The van der Waals surface area contributed by atoms with Crippen LogP contribution in [0.15, 0.2) is 60.7 Å². The number of rotatable bonds is 9. The normalized spacial score (nSPS) is 11.5. The summed E-state index contributed by atoms with van der Waals surface area (Å²) in [5.74, 6) is 3.63. The molecule has 1 aromatic heterocycles. The summed E-state index contributed by atoms with van der Waals surface area (Å²) in [6, 6.07) is 21.1. The molecule has 0 bridgehead atoms. The van der Waals surface area contributed by atoms with Crippen LogP contribution in [0, 0.1) is 13.8 Å². The number of imidazole rings is 1. The van der Waals surface area contributed by atoms with E-state index in [0.717, 1.165) is 28.4 Å². The molecule has 0 fully saturated rings. The fourth-order valence-electron chi connectivity index (χ4n) is 4.36. The van der Waals surface area contributed by atoms with Crippen molar-refractivity contribution in [3.63, 3.8) is 0 Å². The van der Waals surface area contributed by atoms with Gasteiger partial charge in [-0.3, -0.25) is 0 Å². The van der Waals surface area contributed by atoms with Crippen molar-refractivity contribution < 1.29 is 9.47 Å². The zero-order valence-corrected chi connectivity index (χ0v) is 21.3. The maximum atomic E-state index is 6.34. The maximum absolute atomic E-state index is 6.34.